The van der Waals surface area contributed by atoms with E-state index in [4.69, 9.17) is 18.9 Å². The molecule has 360 valence electrons. The summed E-state index contributed by atoms with van der Waals surface area (Å²) in [6.07, 6.45) is 40.0. The predicted octanol–water partition coefficient (Wildman–Crippen LogP) is 12.2. The fourth-order valence-electron chi connectivity index (χ4n) is 7.40. The molecule has 0 aromatic heterocycles. The van der Waals surface area contributed by atoms with Crippen LogP contribution in [0.3, 0.4) is 0 Å². The lowest BCUT2D eigenvalue weighted by atomic mass is 10.0. The minimum absolute atomic E-state index is 0.00214. The highest BCUT2D eigenvalue weighted by atomic mass is 16.6. The standard InChI is InChI=1S/C50H97N3O8/c1-4-6-8-10-12-14-16-18-20-22-24-26-28-30-32-34-39-52-50(57)61-45-46(44-60-49(56)38-37-47(54)51-40-35-41-59-43-42-58-3)53-48(55)36-33-31-29-27-25-23-21-19-17-15-13-11-9-7-5-2/h46H,4-45H2,1-3H3,(H,51,54)(H,52,57)(H,53,55). The molecule has 61 heavy (non-hydrogen) atoms. The summed E-state index contributed by atoms with van der Waals surface area (Å²) in [6, 6.07) is -0.680. The van der Waals surface area contributed by atoms with E-state index in [2.05, 4.69) is 29.8 Å². The van der Waals surface area contributed by atoms with Crippen LogP contribution < -0.4 is 16.0 Å². The summed E-state index contributed by atoms with van der Waals surface area (Å²) in [7, 11) is 1.61. The lowest BCUT2D eigenvalue weighted by molar-refractivity contribution is -0.146. The van der Waals surface area contributed by atoms with Crippen LogP contribution in [-0.2, 0) is 33.3 Å². The quantitative estimate of drug-likeness (QED) is 0.0405. The van der Waals surface area contributed by atoms with Crippen LogP contribution in [0.2, 0.25) is 0 Å². The third-order valence-electron chi connectivity index (χ3n) is 11.3. The maximum Gasteiger partial charge on any atom is 0.407 e. The predicted molar refractivity (Wildman–Crippen MR) is 251 cm³/mol. The van der Waals surface area contributed by atoms with Crippen molar-refractivity contribution in [3.05, 3.63) is 0 Å². The molecule has 0 heterocycles. The van der Waals surface area contributed by atoms with E-state index in [1.54, 1.807) is 7.11 Å². The molecular formula is C50H97N3O8. The van der Waals surface area contributed by atoms with E-state index < -0.39 is 18.1 Å². The maximum absolute atomic E-state index is 12.9. The van der Waals surface area contributed by atoms with Gasteiger partial charge in [-0.3, -0.25) is 14.4 Å². The van der Waals surface area contributed by atoms with E-state index in [-0.39, 0.29) is 37.9 Å². The van der Waals surface area contributed by atoms with Gasteiger partial charge in [0.05, 0.1) is 25.7 Å². The van der Waals surface area contributed by atoms with Gasteiger partial charge in [-0.05, 0) is 19.3 Å². The van der Waals surface area contributed by atoms with Crippen LogP contribution in [0.1, 0.15) is 239 Å². The molecule has 0 aromatic rings. The van der Waals surface area contributed by atoms with E-state index in [0.29, 0.717) is 45.8 Å². The number of methoxy groups -OCH3 is 1. The number of carbonyl (C=O) groups is 4. The van der Waals surface area contributed by atoms with Crippen LogP contribution in [-0.4, -0.2) is 83.2 Å². The van der Waals surface area contributed by atoms with Crippen molar-refractivity contribution in [1.29, 1.82) is 0 Å². The molecular weight excluding hydrogens is 771 g/mol. The second kappa shape index (κ2) is 48.6. The Morgan fingerprint density at radius 1 is 0.410 bits per heavy atom. The molecule has 0 aromatic carbocycles. The van der Waals surface area contributed by atoms with Gasteiger partial charge in [0.1, 0.15) is 13.2 Å². The number of esters is 1. The van der Waals surface area contributed by atoms with Crippen molar-refractivity contribution in [3.63, 3.8) is 0 Å². The Balaban J connectivity index is 4.34. The fourth-order valence-corrected chi connectivity index (χ4v) is 7.40. The van der Waals surface area contributed by atoms with Crippen molar-refractivity contribution < 1.29 is 38.1 Å². The number of unbranched alkanes of at least 4 members (excludes halogenated alkanes) is 29. The van der Waals surface area contributed by atoms with E-state index >= 15 is 0 Å². The lowest BCUT2D eigenvalue weighted by Crippen LogP contribution is -2.43. The molecule has 0 aliphatic carbocycles. The minimum Gasteiger partial charge on any atom is -0.463 e. The molecule has 11 heteroatoms. The number of nitrogens with one attached hydrogen (secondary N) is 3. The second-order valence-corrected chi connectivity index (χ2v) is 17.3. The third-order valence-corrected chi connectivity index (χ3v) is 11.3. The van der Waals surface area contributed by atoms with Crippen molar-refractivity contribution in [3.8, 4) is 0 Å². The number of amides is 3. The molecule has 0 saturated heterocycles. The van der Waals surface area contributed by atoms with E-state index in [1.165, 1.54) is 167 Å². The van der Waals surface area contributed by atoms with Crippen LogP contribution in [0, 0.1) is 0 Å². The van der Waals surface area contributed by atoms with Crippen LogP contribution in [0.4, 0.5) is 4.79 Å². The first-order valence-electron chi connectivity index (χ1n) is 25.6. The van der Waals surface area contributed by atoms with Gasteiger partial charge in [0.15, 0.2) is 0 Å². The van der Waals surface area contributed by atoms with Crippen LogP contribution in [0.15, 0.2) is 0 Å². The zero-order valence-electron chi connectivity index (χ0n) is 40.0. The minimum atomic E-state index is -0.680. The van der Waals surface area contributed by atoms with Crippen molar-refractivity contribution in [2.24, 2.45) is 0 Å². The Hall–Kier alpha value is -2.40. The molecule has 3 amide bonds. The first kappa shape index (κ1) is 58.6. The molecule has 0 spiro atoms. The van der Waals surface area contributed by atoms with E-state index in [1.807, 2.05) is 0 Å². The van der Waals surface area contributed by atoms with Gasteiger partial charge in [-0.2, -0.15) is 0 Å². The number of rotatable bonds is 48. The Morgan fingerprint density at radius 3 is 1.31 bits per heavy atom. The van der Waals surface area contributed by atoms with Gasteiger partial charge >= 0.3 is 12.1 Å². The molecule has 1 unspecified atom stereocenters. The number of carbonyl (C=O) groups excluding carboxylic acids is 4. The average Bonchev–Trinajstić information content (AvgIpc) is 3.25. The monoisotopic (exact) mass is 868 g/mol. The molecule has 0 saturated carbocycles. The highest BCUT2D eigenvalue weighted by Gasteiger charge is 2.18. The molecule has 0 aliphatic heterocycles. The van der Waals surface area contributed by atoms with Crippen molar-refractivity contribution in [1.82, 2.24) is 16.0 Å². The largest absolute Gasteiger partial charge is 0.463 e. The van der Waals surface area contributed by atoms with Gasteiger partial charge in [-0.25, -0.2) is 4.79 Å². The number of alkyl carbamates (subject to hydrolysis) is 1. The zero-order valence-corrected chi connectivity index (χ0v) is 40.0. The molecule has 0 rings (SSSR count). The number of hydrogen-bond donors (Lipinski definition) is 3. The highest BCUT2D eigenvalue weighted by molar-refractivity contribution is 5.81. The van der Waals surface area contributed by atoms with Gasteiger partial charge in [-0.1, -0.05) is 200 Å². The summed E-state index contributed by atoms with van der Waals surface area (Å²) in [5, 5.41) is 8.49. The average molecular weight is 868 g/mol. The topological polar surface area (TPSA) is 141 Å². The first-order chi connectivity index (χ1) is 29.9. The summed E-state index contributed by atoms with van der Waals surface area (Å²) in [5.74, 6) is -0.947. The number of ether oxygens (including phenoxy) is 4. The lowest BCUT2D eigenvalue weighted by Gasteiger charge is -2.19. The second-order valence-electron chi connectivity index (χ2n) is 17.3. The van der Waals surface area contributed by atoms with E-state index in [0.717, 1.165) is 32.1 Å². The van der Waals surface area contributed by atoms with Crippen molar-refractivity contribution in [2.75, 3.05) is 53.2 Å². The number of hydrogen-bond acceptors (Lipinski definition) is 8. The van der Waals surface area contributed by atoms with Crippen LogP contribution >= 0.6 is 0 Å². The first-order valence-corrected chi connectivity index (χ1v) is 25.6. The summed E-state index contributed by atoms with van der Waals surface area (Å²) in [6.45, 7) is 6.80. The normalized spacial score (nSPS) is 11.7. The van der Waals surface area contributed by atoms with Crippen molar-refractivity contribution in [2.45, 2.75) is 245 Å². The van der Waals surface area contributed by atoms with Gasteiger partial charge in [-0.15, -0.1) is 0 Å². The summed E-state index contributed by atoms with van der Waals surface area (Å²) in [5.41, 5.74) is 0. The molecule has 0 fully saturated rings. The SMILES string of the molecule is CCCCCCCCCCCCCCCCCCNC(=O)OCC(COC(=O)CCC(=O)NCCCOCCOC)NC(=O)CCCCCCCCCCCCCCCCC. The maximum atomic E-state index is 12.9. The smallest absolute Gasteiger partial charge is 0.407 e. The molecule has 0 bridgehead atoms. The summed E-state index contributed by atoms with van der Waals surface area (Å²) >= 11 is 0. The molecule has 1 atom stereocenters. The van der Waals surface area contributed by atoms with Crippen molar-refractivity contribution >= 4 is 23.9 Å². The van der Waals surface area contributed by atoms with Crippen LogP contribution in [0.25, 0.3) is 0 Å². The Morgan fingerprint density at radius 2 is 0.836 bits per heavy atom. The Bertz CT molecular complexity index is 985. The van der Waals surface area contributed by atoms with Gasteiger partial charge in [0.2, 0.25) is 11.8 Å². The highest BCUT2D eigenvalue weighted by Crippen LogP contribution is 2.15. The molecule has 11 nitrogen and oxygen atoms in total. The van der Waals surface area contributed by atoms with Gasteiger partial charge in [0.25, 0.3) is 0 Å². The molecule has 0 aliphatic rings. The molecule has 0 radical (unpaired) electrons. The summed E-state index contributed by atoms with van der Waals surface area (Å²) < 4.78 is 21.2. The van der Waals surface area contributed by atoms with E-state index in [9.17, 15) is 19.2 Å². The molecule has 3 N–H and O–H groups in total. The van der Waals surface area contributed by atoms with Gasteiger partial charge < -0.3 is 34.9 Å². The van der Waals surface area contributed by atoms with Gasteiger partial charge in [0, 0.05) is 39.6 Å². The Labute approximate surface area is 374 Å². The summed E-state index contributed by atoms with van der Waals surface area (Å²) in [4.78, 5) is 50.0. The van der Waals surface area contributed by atoms with Crippen LogP contribution in [0.5, 0.6) is 0 Å². The Kier molecular flexibility index (Phi) is 46.7. The zero-order chi connectivity index (χ0) is 44.5. The third kappa shape index (κ3) is 46.9. The fraction of sp³-hybridized carbons (Fsp3) is 0.920.